The highest BCUT2D eigenvalue weighted by molar-refractivity contribution is 9.09. The predicted molar refractivity (Wildman–Crippen MR) is 43.5 cm³/mol. The summed E-state index contributed by atoms with van der Waals surface area (Å²) in [7, 11) is 0. The first-order valence-electron chi connectivity index (χ1n) is 3.23. The Kier molecular flexibility index (Phi) is 1.46. The van der Waals surface area contributed by atoms with Crippen LogP contribution in [0, 0.1) is 0 Å². The van der Waals surface area contributed by atoms with E-state index >= 15 is 0 Å². The van der Waals surface area contributed by atoms with Crippen molar-refractivity contribution >= 4 is 21.9 Å². The van der Waals surface area contributed by atoms with E-state index in [0.717, 1.165) is 5.56 Å². The van der Waals surface area contributed by atoms with E-state index in [4.69, 9.17) is 4.74 Å². The number of halogens is 1. The van der Waals surface area contributed by atoms with Gasteiger partial charge in [0.15, 0.2) is 5.01 Å². The van der Waals surface area contributed by atoms with Crippen molar-refractivity contribution in [2.75, 3.05) is 0 Å². The Labute approximate surface area is 72.3 Å². The van der Waals surface area contributed by atoms with Gasteiger partial charge in [0.25, 0.3) is 0 Å². The molecule has 0 saturated carbocycles. The van der Waals surface area contributed by atoms with Crippen LogP contribution in [0.5, 0.6) is 0 Å². The van der Waals surface area contributed by atoms with Crippen LogP contribution in [0.15, 0.2) is 24.3 Å². The fourth-order valence-corrected chi connectivity index (χ4v) is 1.67. The summed E-state index contributed by atoms with van der Waals surface area (Å²) in [5.41, 5.74) is 1.58. The van der Waals surface area contributed by atoms with Gasteiger partial charge >= 0.3 is 5.97 Å². The Balaban J connectivity index is 2.60. The molecular formula is C8H5BrO2. The second-order valence-corrected chi connectivity index (χ2v) is 3.14. The average molecular weight is 213 g/mol. The third-order valence-electron chi connectivity index (χ3n) is 1.64. The molecule has 0 aliphatic carbocycles. The molecule has 1 heterocycles. The fraction of sp³-hybridized carbons (Fsp3) is 0.125. The Morgan fingerprint density at radius 3 is 2.82 bits per heavy atom. The first-order chi connectivity index (χ1) is 5.29. The van der Waals surface area contributed by atoms with E-state index < -0.39 is 0 Å². The molecule has 0 aromatic heterocycles. The van der Waals surface area contributed by atoms with E-state index in [-0.39, 0.29) is 11.0 Å². The summed E-state index contributed by atoms with van der Waals surface area (Å²) in [6.45, 7) is 0. The van der Waals surface area contributed by atoms with Gasteiger partial charge < -0.3 is 4.74 Å². The lowest BCUT2D eigenvalue weighted by Crippen LogP contribution is -1.92. The first kappa shape index (κ1) is 6.85. The van der Waals surface area contributed by atoms with Crippen molar-refractivity contribution in [3.8, 4) is 0 Å². The van der Waals surface area contributed by atoms with Crippen molar-refractivity contribution in [1.82, 2.24) is 0 Å². The molecule has 0 spiro atoms. The molecule has 1 aliphatic heterocycles. The molecule has 1 aromatic carbocycles. The highest BCUT2D eigenvalue weighted by atomic mass is 79.9. The standard InChI is InChI=1S/C8H5BrO2/c9-7-5-3-1-2-4-6(5)8(10)11-7/h1-4,7H. The van der Waals surface area contributed by atoms with Crippen molar-refractivity contribution in [3.63, 3.8) is 0 Å². The normalized spacial score (nSPS) is 21.2. The second-order valence-electron chi connectivity index (χ2n) is 2.31. The molecule has 2 nitrogen and oxygen atoms in total. The zero-order valence-corrected chi connectivity index (χ0v) is 7.17. The van der Waals surface area contributed by atoms with Crippen LogP contribution in [0.2, 0.25) is 0 Å². The molecule has 3 heteroatoms. The highest BCUT2D eigenvalue weighted by Crippen LogP contribution is 2.34. The maximum atomic E-state index is 11.0. The zero-order chi connectivity index (χ0) is 7.84. The van der Waals surface area contributed by atoms with E-state index in [1.165, 1.54) is 0 Å². The number of carbonyl (C=O) groups is 1. The van der Waals surface area contributed by atoms with Crippen molar-refractivity contribution in [2.45, 2.75) is 5.01 Å². The summed E-state index contributed by atoms with van der Waals surface area (Å²) >= 11 is 3.23. The van der Waals surface area contributed by atoms with E-state index in [0.29, 0.717) is 5.56 Å². The molecule has 0 radical (unpaired) electrons. The minimum Gasteiger partial charge on any atom is -0.442 e. The van der Waals surface area contributed by atoms with Crippen LogP contribution in [-0.4, -0.2) is 5.97 Å². The molecule has 56 valence electrons. The van der Waals surface area contributed by atoms with Gasteiger partial charge in [-0.25, -0.2) is 4.79 Å². The number of fused-ring (bicyclic) bond motifs is 1. The summed E-state index contributed by atoms with van der Waals surface area (Å²) in [5.74, 6) is -0.248. The summed E-state index contributed by atoms with van der Waals surface area (Å²) in [5, 5.41) is -0.258. The molecule has 1 unspecified atom stereocenters. The van der Waals surface area contributed by atoms with Gasteiger partial charge in [-0.1, -0.05) is 18.2 Å². The number of alkyl halides is 1. The quantitative estimate of drug-likeness (QED) is 0.488. The Hall–Kier alpha value is -0.830. The number of rotatable bonds is 0. The third-order valence-corrected chi connectivity index (χ3v) is 2.32. The third kappa shape index (κ3) is 0.959. The van der Waals surface area contributed by atoms with Crippen LogP contribution >= 0.6 is 15.9 Å². The van der Waals surface area contributed by atoms with E-state index in [2.05, 4.69) is 15.9 Å². The van der Waals surface area contributed by atoms with Crippen LogP contribution < -0.4 is 0 Å². The van der Waals surface area contributed by atoms with E-state index in [1.807, 2.05) is 18.2 Å². The van der Waals surface area contributed by atoms with Crippen LogP contribution in [0.4, 0.5) is 0 Å². The number of carbonyl (C=O) groups excluding carboxylic acids is 1. The SMILES string of the molecule is O=C1OC(Br)c2ccccc21. The van der Waals surface area contributed by atoms with Crippen LogP contribution in [-0.2, 0) is 4.74 Å². The molecule has 1 aliphatic rings. The number of benzene rings is 1. The fourth-order valence-electron chi connectivity index (χ4n) is 1.10. The zero-order valence-electron chi connectivity index (χ0n) is 5.58. The van der Waals surface area contributed by atoms with Gasteiger partial charge in [0.2, 0.25) is 0 Å². The van der Waals surface area contributed by atoms with Gasteiger partial charge in [-0.15, -0.1) is 0 Å². The van der Waals surface area contributed by atoms with E-state index in [1.54, 1.807) is 6.07 Å². The number of hydrogen-bond acceptors (Lipinski definition) is 2. The van der Waals surface area contributed by atoms with Gasteiger partial charge in [0.1, 0.15) is 0 Å². The highest BCUT2D eigenvalue weighted by Gasteiger charge is 2.27. The molecule has 0 bridgehead atoms. The predicted octanol–water partition coefficient (Wildman–Crippen LogP) is 2.25. The van der Waals surface area contributed by atoms with Gasteiger partial charge in [-0.2, -0.15) is 0 Å². The Morgan fingerprint density at radius 1 is 1.36 bits per heavy atom. The van der Waals surface area contributed by atoms with E-state index in [9.17, 15) is 4.79 Å². The molecule has 0 fully saturated rings. The van der Waals surface area contributed by atoms with Crippen molar-refractivity contribution in [2.24, 2.45) is 0 Å². The van der Waals surface area contributed by atoms with Gasteiger partial charge in [0.05, 0.1) is 5.56 Å². The largest absolute Gasteiger partial charge is 0.442 e. The summed E-state index contributed by atoms with van der Waals surface area (Å²) in [6.07, 6.45) is 0. The summed E-state index contributed by atoms with van der Waals surface area (Å²) in [4.78, 5) is 11.0. The lowest BCUT2D eigenvalue weighted by atomic mass is 10.1. The number of cyclic esters (lactones) is 1. The lowest BCUT2D eigenvalue weighted by Gasteiger charge is -1.97. The monoisotopic (exact) mass is 212 g/mol. The average Bonchev–Trinajstić information content (AvgIpc) is 2.30. The molecule has 0 N–H and O–H groups in total. The smallest absolute Gasteiger partial charge is 0.340 e. The Morgan fingerprint density at radius 2 is 2.09 bits per heavy atom. The molecule has 11 heavy (non-hydrogen) atoms. The number of ether oxygens (including phenoxy) is 1. The van der Waals surface area contributed by atoms with Gasteiger partial charge in [0, 0.05) is 5.56 Å². The van der Waals surface area contributed by atoms with Crippen LogP contribution in [0.3, 0.4) is 0 Å². The van der Waals surface area contributed by atoms with Gasteiger partial charge in [-0.3, -0.25) is 0 Å². The van der Waals surface area contributed by atoms with Crippen LogP contribution in [0.25, 0.3) is 0 Å². The minimum atomic E-state index is -0.258. The molecular weight excluding hydrogens is 208 g/mol. The molecule has 0 saturated heterocycles. The molecule has 1 aromatic rings. The maximum absolute atomic E-state index is 11.0. The van der Waals surface area contributed by atoms with Crippen molar-refractivity contribution < 1.29 is 9.53 Å². The molecule has 2 rings (SSSR count). The van der Waals surface area contributed by atoms with Crippen molar-refractivity contribution in [3.05, 3.63) is 35.4 Å². The molecule has 0 amide bonds. The molecule has 1 atom stereocenters. The minimum absolute atomic E-state index is 0.248. The van der Waals surface area contributed by atoms with Crippen LogP contribution in [0.1, 0.15) is 20.9 Å². The first-order valence-corrected chi connectivity index (χ1v) is 4.14. The lowest BCUT2D eigenvalue weighted by molar-refractivity contribution is 0.0530. The number of esters is 1. The Bertz CT molecular complexity index is 309. The second kappa shape index (κ2) is 2.34. The summed E-state index contributed by atoms with van der Waals surface area (Å²) < 4.78 is 4.91. The summed E-state index contributed by atoms with van der Waals surface area (Å²) in [6, 6.07) is 7.35. The number of hydrogen-bond donors (Lipinski definition) is 0. The topological polar surface area (TPSA) is 26.3 Å². The van der Waals surface area contributed by atoms with Crippen molar-refractivity contribution in [1.29, 1.82) is 0 Å². The maximum Gasteiger partial charge on any atom is 0.340 e. The van der Waals surface area contributed by atoms with Gasteiger partial charge in [-0.05, 0) is 22.0 Å².